The molecule has 2 atom stereocenters. The second-order valence-electron chi connectivity index (χ2n) is 7.20. The average molecular weight is 413 g/mol. The molecule has 2 aromatic heterocycles. The highest BCUT2D eigenvalue weighted by Gasteiger charge is 2.20. The Balaban J connectivity index is 1.46. The van der Waals surface area contributed by atoms with E-state index >= 15 is 0 Å². The third kappa shape index (κ3) is 5.65. The number of nitrogens with one attached hydrogen (secondary N) is 2. The lowest BCUT2D eigenvalue weighted by Crippen LogP contribution is -2.47. The first-order valence-corrected chi connectivity index (χ1v) is 10.1. The maximum atomic E-state index is 12.4. The predicted octanol–water partition coefficient (Wildman–Crippen LogP) is 3.18. The first kappa shape index (κ1) is 21.0. The van der Waals surface area contributed by atoms with Gasteiger partial charge in [0, 0.05) is 24.2 Å². The van der Waals surface area contributed by atoms with Gasteiger partial charge < -0.3 is 16.0 Å². The lowest BCUT2D eigenvalue weighted by Gasteiger charge is -2.17. The number of H-pyrrole nitrogens is 1. The van der Waals surface area contributed by atoms with Gasteiger partial charge in [-0.05, 0) is 43.4 Å². The molecule has 0 aliphatic carbocycles. The van der Waals surface area contributed by atoms with Crippen molar-refractivity contribution in [2.75, 3.05) is 0 Å². The second-order valence-corrected chi connectivity index (χ2v) is 7.61. The number of aromatic nitrogens is 2. The normalized spacial score (nSPS) is 13.2. The number of benzene rings is 1. The topological polar surface area (TPSA) is 101 Å². The fourth-order valence-electron chi connectivity index (χ4n) is 3.13. The van der Waals surface area contributed by atoms with E-state index in [9.17, 15) is 9.59 Å². The number of halogens is 1. The smallest absolute Gasteiger partial charge is 0.237 e. The zero-order chi connectivity index (χ0) is 20.8. The summed E-state index contributed by atoms with van der Waals surface area (Å²) >= 11 is 6.11. The lowest BCUT2D eigenvalue weighted by atomic mass is 10.0. The summed E-state index contributed by atoms with van der Waals surface area (Å²) in [7, 11) is 0. The predicted molar refractivity (Wildman–Crippen MR) is 115 cm³/mol. The number of ketones is 1. The van der Waals surface area contributed by atoms with Crippen LogP contribution in [0.4, 0.5) is 0 Å². The summed E-state index contributed by atoms with van der Waals surface area (Å²) in [6.45, 7) is 1.69. The van der Waals surface area contributed by atoms with Crippen LogP contribution in [-0.2, 0) is 22.4 Å². The largest absolute Gasteiger partial charge is 0.345 e. The molecule has 0 bridgehead atoms. The van der Waals surface area contributed by atoms with Crippen LogP contribution in [0.15, 0.2) is 48.8 Å². The van der Waals surface area contributed by atoms with Crippen molar-refractivity contribution in [3.8, 4) is 0 Å². The van der Waals surface area contributed by atoms with Crippen LogP contribution in [0.1, 0.15) is 30.9 Å². The Morgan fingerprint density at radius 2 is 1.97 bits per heavy atom. The fourth-order valence-corrected chi connectivity index (χ4v) is 3.33. The van der Waals surface area contributed by atoms with Gasteiger partial charge in [-0.1, -0.05) is 41.9 Å². The first-order chi connectivity index (χ1) is 13.9. The summed E-state index contributed by atoms with van der Waals surface area (Å²) in [6.07, 6.45) is 5.49. The number of aromatic amines is 1. The summed E-state index contributed by atoms with van der Waals surface area (Å²) < 4.78 is 0. The number of rotatable bonds is 9. The Hall–Kier alpha value is -2.70. The highest BCUT2D eigenvalue weighted by atomic mass is 35.5. The molecule has 2 heterocycles. The van der Waals surface area contributed by atoms with Gasteiger partial charge in [0.1, 0.15) is 5.65 Å². The molecule has 0 fully saturated rings. The third-order valence-electron chi connectivity index (χ3n) is 4.96. The molecular formula is C22H25ClN4O2. The van der Waals surface area contributed by atoms with Gasteiger partial charge in [0.25, 0.3) is 0 Å². The minimum atomic E-state index is -0.646. The van der Waals surface area contributed by atoms with E-state index in [-0.39, 0.29) is 11.7 Å². The van der Waals surface area contributed by atoms with Gasteiger partial charge in [0.05, 0.1) is 17.1 Å². The summed E-state index contributed by atoms with van der Waals surface area (Å²) in [4.78, 5) is 32.0. The maximum Gasteiger partial charge on any atom is 0.237 e. The van der Waals surface area contributed by atoms with Gasteiger partial charge in [0.2, 0.25) is 5.91 Å². The van der Waals surface area contributed by atoms with Crippen molar-refractivity contribution in [3.05, 3.63) is 64.9 Å². The van der Waals surface area contributed by atoms with Gasteiger partial charge in [-0.25, -0.2) is 4.98 Å². The Morgan fingerprint density at radius 3 is 2.72 bits per heavy atom. The van der Waals surface area contributed by atoms with Crippen molar-refractivity contribution in [2.24, 2.45) is 5.73 Å². The van der Waals surface area contributed by atoms with Crippen molar-refractivity contribution < 1.29 is 9.59 Å². The van der Waals surface area contributed by atoms with E-state index in [2.05, 4.69) is 15.3 Å². The third-order valence-corrected chi connectivity index (χ3v) is 5.28. The number of amides is 1. The molecule has 0 unspecified atom stereocenters. The average Bonchev–Trinajstić information content (AvgIpc) is 3.11. The number of carbonyl (C=O) groups excluding carboxylic acids is 2. The number of fused-ring (bicyclic) bond motifs is 1. The molecule has 0 saturated heterocycles. The monoisotopic (exact) mass is 412 g/mol. The van der Waals surface area contributed by atoms with Crippen LogP contribution in [0.2, 0.25) is 5.02 Å². The zero-order valence-electron chi connectivity index (χ0n) is 16.3. The number of carbonyl (C=O) groups is 2. The van der Waals surface area contributed by atoms with Crippen LogP contribution < -0.4 is 11.1 Å². The quantitative estimate of drug-likeness (QED) is 0.502. The molecule has 1 aromatic carbocycles. The first-order valence-electron chi connectivity index (χ1n) is 9.68. The summed E-state index contributed by atoms with van der Waals surface area (Å²) in [5.74, 6) is -0.349. The van der Waals surface area contributed by atoms with Gasteiger partial charge >= 0.3 is 0 Å². The Kier molecular flexibility index (Phi) is 7.01. The van der Waals surface area contributed by atoms with E-state index < -0.39 is 12.1 Å². The van der Waals surface area contributed by atoms with Crippen molar-refractivity contribution in [3.63, 3.8) is 0 Å². The Bertz CT molecular complexity index is 987. The Labute approximate surface area is 174 Å². The van der Waals surface area contributed by atoms with Crippen molar-refractivity contribution in [2.45, 2.75) is 44.7 Å². The minimum Gasteiger partial charge on any atom is -0.345 e. The van der Waals surface area contributed by atoms with Crippen LogP contribution in [0, 0.1) is 0 Å². The van der Waals surface area contributed by atoms with E-state index in [1.807, 2.05) is 36.4 Å². The van der Waals surface area contributed by atoms with E-state index in [1.165, 1.54) is 0 Å². The van der Waals surface area contributed by atoms with Gasteiger partial charge in [0.15, 0.2) is 5.78 Å². The summed E-state index contributed by atoms with van der Waals surface area (Å²) in [6, 6.07) is 10.6. The highest BCUT2D eigenvalue weighted by molar-refractivity contribution is 6.35. The van der Waals surface area contributed by atoms with Crippen LogP contribution in [-0.4, -0.2) is 33.7 Å². The SMILES string of the molecule is C[C@H](NC(=O)[C@H](N)CCc1ccccc1)C(=O)CCc1cnc2[nH]cc(Cl)c2c1. The standard InChI is InChI=1S/C22H25ClN4O2/c1-14(27-22(29)19(24)9-7-15-5-3-2-4-6-15)20(28)10-8-16-11-17-18(23)13-26-21(17)25-12-16/h2-6,11-14,19H,7-10,24H2,1H3,(H,25,26)(H,27,29)/t14-,19+/m0/s1. The molecule has 1 amide bonds. The molecule has 4 N–H and O–H groups in total. The number of hydrogen-bond acceptors (Lipinski definition) is 4. The van der Waals surface area contributed by atoms with Crippen LogP contribution in [0.25, 0.3) is 11.0 Å². The van der Waals surface area contributed by atoms with E-state index in [0.29, 0.717) is 24.3 Å². The van der Waals surface area contributed by atoms with Gasteiger partial charge in [-0.2, -0.15) is 0 Å². The molecule has 0 radical (unpaired) electrons. The van der Waals surface area contributed by atoms with Crippen LogP contribution >= 0.6 is 11.6 Å². The Morgan fingerprint density at radius 1 is 1.21 bits per heavy atom. The van der Waals surface area contributed by atoms with Crippen molar-refractivity contribution in [1.29, 1.82) is 0 Å². The fraction of sp³-hybridized carbons (Fsp3) is 0.318. The molecule has 7 heteroatoms. The number of pyridine rings is 1. The lowest BCUT2D eigenvalue weighted by molar-refractivity contribution is -0.128. The number of Topliss-reactive ketones (excluding diaryl/α,β-unsaturated/α-hetero) is 1. The molecule has 3 aromatic rings. The van der Waals surface area contributed by atoms with Crippen LogP contribution in [0.5, 0.6) is 0 Å². The molecular weight excluding hydrogens is 388 g/mol. The molecule has 0 spiro atoms. The molecule has 0 aliphatic heterocycles. The van der Waals surface area contributed by atoms with E-state index in [4.69, 9.17) is 17.3 Å². The molecule has 0 saturated carbocycles. The van der Waals surface area contributed by atoms with E-state index in [1.54, 1.807) is 19.3 Å². The minimum absolute atomic E-state index is 0.0473. The highest BCUT2D eigenvalue weighted by Crippen LogP contribution is 2.22. The number of nitrogens with two attached hydrogens (primary N) is 1. The summed E-state index contributed by atoms with van der Waals surface area (Å²) in [5.41, 5.74) is 8.76. The number of hydrogen-bond donors (Lipinski definition) is 3. The summed E-state index contributed by atoms with van der Waals surface area (Å²) in [5, 5.41) is 4.17. The number of aryl methyl sites for hydroxylation is 2. The second kappa shape index (κ2) is 9.67. The zero-order valence-corrected chi connectivity index (χ0v) is 17.1. The van der Waals surface area contributed by atoms with Crippen LogP contribution in [0.3, 0.4) is 0 Å². The number of nitrogens with zero attached hydrogens (tertiary/aromatic N) is 1. The van der Waals surface area contributed by atoms with E-state index in [0.717, 1.165) is 28.6 Å². The van der Waals surface area contributed by atoms with Crippen molar-refractivity contribution >= 4 is 34.3 Å². The maximum absolute atomic E-state index is 12.4. The molecule has 0 aliphatic rings. The van der Waals surface area contributed by atoms with Gasteiger partial charge in [-0.15, -0.1) is 0 Å². The molecule has 29 heavy (non-hydrogen) atoms. The molecule has 3 rings (SSSR count). The molecule has 6 nitrogen and oxygen atoms in total. The van der Waals surface area contributed by atoms with Gasteiger partial charge in [-0.3, -0.25) is 9.59 Å². The van der Waals surface area contributed by atoms with Crippen molar-refractivity contribution in [1.82, 2.24) is 15.3 Å². The molecule has 152 valence electrons.